The molecule has 16 heavy (non-hydrogen) atoms. The van der Waals surface area contributed by atoms with Crippen LogP contribution in [0, 0.1) is 5.82 Å². The van der Waals surface area contributed by atoms with Crippen molar-refractivity contribution in [3.8, 4) is 0 Å². The number of halogens is 2. The first-order valence-electron chi connectivity index (χ1n) is 4.36. The SMILES string of the molecule is OCC(CO)(CO)Nc1nc(Cl)ncc1F. The predicted molar refractivity (Wildman–Crippen MR) is 54.6 cm³/mol. The van der Waals surface area contributed by atoms with Crippen LogP contribution >= 0.6 is 11.6 Å². The first kappa shape index (κ1) is 13.0. The van der Waals surface area contributed by atoms with Crippen LogP contribution in [0.2, 0.25) is 5.28 Å². The van der Waals surface area contributed by atoms with Crippen LogP contribution in [0.25, 0.3) is 0 Å². The van der Waals surface area contributed by atoms with E-state index in [9.17, 15) is 4.39 Å². The third-order valence-corrected chi connectivity index (χ3v) is 2.19. The van der Waals surface area contributed by atoms with Crippen molar-refractivity contribution < 1.29 is 19.7 Å². The van der Waals surface area contributed by atoms with Gasteiger partial charge in [0, 0.05) is 0 Å². The molecule has 90 valence electrons. The molecule has 0 unspecified atom stereocenters. The molecule has 0 atom stereocenters. The fraction of sp³-hybridized carbons (Fsp3) is 0.500. The highest BCUT2D eigenvalue weighted by Gasteiger charge is 2.29. The molecule has 0 saturated carbocycles. The van der Waals surface area contributed by atoms with Gasteiger partial charge in [-0.25, -0.2) is 9.37 Å². The van der Waals surface area contributed by atoms with E-state index in [2.05, 4.69) is 15.3 Å². The molecule has 1 aromatic rings. The molecule has 0 radical (unpaired) electrons. The standard InChI is InChI=1S/C8H11ClFN3O3/c9-7-11-1-5(10)6(12-7)13-8(2-14,3-15)4-16/h1,14-16H,2-4H2,(H,11,12,13). The van der Waals surface area contributed by atoms with E-state index in [1.165, 1.54) is 0 Å². The lowest BCUT2D eigenvalue weighted by atomic mass is 10.0. The number of anilines is 1. The maximum Gasteiger partial charge on any atom is 0.224 e. The Morgan fingerprint density at radius 1 is 1.31 bits per heavy atom. The number of aromatic nitrogens is 2. The minimum Gasteiger partial charge on any atom is -0.394 e. The molecule has 1 heterocycles. The summed E-state index contributed by atoms with van der Waals surface area (Å²) >= 11 is 5.46. The maximum absolute atomic E-state index is 13.2. The molecule has 0 saturated heterocycles. The number of rotatable bonds is 5. The summed E-state index contributed by atoms with van der Waals surface area (Å²) in [6.07, 6.45) is 0.842. The Labute approximate surface area is 95.7 Å². The fourth-order valence-electron chi connectivity index (χ4n) is 0.953. The van der Waals surface area contributed by atoms with E-state index in [4.69, 9.17) is 26.9 Å². The topological polar surface area (TPSA) is 98.5 Å². The van der Waals surface area contributed by atoms with Gasteiger partial charge in [0.2, 0.25) is 5.28 Å². The van der Waals surface area contributed by atoms with Gasteiger partial charge >= 0.3 is 0 Å². The third kappa shape index (κ3) is 2.76. The summed E-state index contributed by atoms with van der Waals surface area (Å²) < 4.78 is 13.2. The van der Waals surface area contributed by atoms with Crippen LogP contribution in [0.1, 0.15) is 0 Å². The normalized spacial score (nSPS) is 11.6. The summed E-state index contributed by atoms with van der Waals surface area (Å²) in [6.45, 7) is -1.79. The average Bonchev–Trinajstić information content (AvgIpc) is 2.31. The molecular formula is C8H11ClFN3O3. The smallest absolute Gasteiger partial charge is 0.224 e. The summed E-state index contributed by atoms with van der Waals surface area (Å²) in [6, 6.07) is 0. The Balaban J connectivity index is 2.97. The van der Waals surface area contributed by atoms with Crippen LogP contribution in [-0.4, -0.2) is 50.6 Å². The van der Waals surface area contributed by atoms with Crippen molar-refractivity contribution in [1.82, 2.24) is 9.97 Å². The quantitative estimate of drug-likeness (QED) is 0.522. The van der Waals surface area contributed by atoms with Gasteiger partial charge in [0.1, 0.15) is 5.54 Å². The van der Waals surface area contributed by atoms with Crippen LogP contribution in [0.5, 0.6) is 0 Å². The average molecular weight is 252 g/mol. The van der Waals surface area contributed by atoms with Gasteiger partial charge in [-0.2, -0.15) is 4.98 Å². The molecule has 0 aromatic carbocycles. The van der Waals surface area contributed by atoms with E-state index in [-0.39, 0.29) is 11.1 Å². The largest absolute Gasteiger partial charge is 0.394 e. The fourth-order valence-corrected chi connectivity index (χ4v) is 1.09. The molecule has 8 heteroatoms. The van der Waals surface area contributed by atoms with Crippen LogP contribution in [0.4, 0.5) is 10.2 Å². The van der Waals surface area contributed by atoms with Crippen LogP contribution in [-0.2, 0) is 0 Å². The predicted octanol–water partition coefficient (Wildman–Crippen LogP) is -0.603. The Hall–Kier alpha value is -1.02. The highest BCUT2D eigenvalue weighted by Crippen LogP contribution is 2.17. The van der Waals surface area contributed by atoms with Crippen molar-refractivity contribution in [2.45, 2.75) is 5.54 Å². The summed E-state index contributed by atoms with van der Waals surface area (Å²) in [5.41, 5.74) is -1.46. The molecule has 0 aliphatic rings. The van der Waals surface area contributed by atoms with Crippen molar-refractivity contribution in [1.29, 1.82) is 0 Å². The summed E-state index contributed by atoms with van der Waals surface area (Å²) in [5.74, 6) is -1.10. The molecule has 0 bridgehead atoms. The van der Waals surface area contributed by atoms with Gasteiger partial charge in [-0.1, -0.05) is 0 Å². The van der Waals surface area contributed by atoms with Crippen molar-refractivity contribution in [2.75, 3.05) is 25.1 Å². The Morgan fingerprint density at radius 2 is 1.88 bits per heavy atom. The molecule has 0 aliphatic carbocycles. The molecule has 0 amide bonds. The van der Waals surface area contributed by atoms with E-state index in [1.54, 1.807) is 0 Å². The number of hydrogen-bond acceptors (Lipinski definition) is 6. The van der Waals surface area contributed by atoms with Crippen molar-refractivity contribution in [2.24, 2.45) is 0 Å². The number of nitrogens with one attached hydrogen (secondary N) is 1. The molecule has 0 fully saturated rings. The second kappa shape index (κ2) is 5.35. The van der Waals surface area contributed by atoms with E-state index >= 15 is 0 Å². The van der Waals surface area contributed by atoms with Crippen molar-refractivity contribution in [3.05, 3.63) is 17.3 Å². The highest BCUT2D eigenvalue weighted by atomic mass is 35.5. The second-order valence-electron chi connectivity index (χ2n) is 3.22. The number of aliphatic hydroxyl groups is 3. The lowest BCUT2D eigenvalue weighted by Gasteiger charge is -2.29. The zero-order valence-electron chi connectivity index (χ0n) is 8.19. The lowest BCUT2D eigenvalue weighted by Crippen LogP contribution is -2.49. The van der Waals surface area contributed by atoms with Crippen LogP contribution in [0.3, 0.4) is 0 Å². The molecule has 0 spiro atoms. The van der Waals surface area contributed by atoms with Crippen molar-refractivity contribution in [3.63, 3.8) is 0 Å². The minimum absolute atomic E-state index is 0.188. The van der Waals surface area contributed by atoms with Gasteiger partial charge in [-0.05, 0) is 11.6 Å². The highest BCUT2D eigenvalue weighted by molar-refractivity contribution is 6.28. The van der Waals surface area contributed by atoms with Gasteiger partial charge < -0.3 is 20.6 Å². The van der Waals surface area contributed by atoms with Gasteiger partial charge in [-0.3, -0.25) is 0 Å². The molecule has 1 aromatic heterocycles. The number of nitrogens with zero attached hydrogens (tertiary/aromatic N) is 2. The van der Waals surface area contributed by atoms with Crippen LogP contribution < -0.4 is 5.32 Å². The Morgan fingerprint density at radius 3 is 2.38 bits per heavy atom. The van der Waals surface area contributed by atoms with Gasteiger partial charge in [-0.15, -0.1) is 0 Å². The minimum atomic E-state index is -1.46. The van der Waals surface area contributed by atoms with Gasteiger partial charge in [0.25, 0.3) is 0 Å². The first-order chi connectivity index (χ1) is 7.56. The Kier molecular flexibility index (Phi) is 4.36. The summed E-state index contributed by atoms with van der Waals surface area (Å²) in [5, 5.41) is 29.3. The monoisotopic (exact) mass is 251 g/mol. The zero-order valence-corrected chi connectivity index (χ0v) is 8.95. The van der Waals surface area contributed by atoms with E-state index in [0.717, 1.165) is 6.20 Å². The molecule has 4 N–H and O–H groups in total. The van der Waals surface area contributed by atoms with E-state index in [0.29, 0.717) is 0 Å². The van der Waals surface area contributed by atoms with E-state index in [1.807, 2.05) is 0 Å². The summed E-state index contributed by atoms with van der Waals surface area (Å²) in [7, 11) is 0. The van der Waals surface area contributed by atoms with Gasteiger partial charge in [0.05, 0.1) is 26.0 Å². The van der Waals surface area contributed by atoms with E-state index < -0.39 is 31.2 Å². The summed E-state index contributed by atoms with van der Waals surface area (Å²) in [4.78, 5) is 6.93. The molecular weight excluding hydrogens is 241 g/mol. The number of hydrogen-bond donors (Lipinski definition) is 4. The molecule has 0 aliphatic heterocycles. The first-order valence-corrected chi connectivity index (χ1v) is 4.73. The third-order valence-electron chi connectivity index (χ3n) is 2.01. The Bertz CT molecular complexity index is 354. The van der Waals surface area contributed by atoms with Gasteiger partial charge in [0.15, 0.2) is 11.6 Å². The molecule has 6 nitrogen and oxygen atoms in total. The number of aliphatic hydroxyl groups excluding tert-OH is 3. The second-order valence-corrected chi connectivity index (χ2v) is 3.55. The zero-order chi connectivity index (χ0) is 12.2. The lowest BCUT2D eigenvalue weighted by molar-refractivity contribution is 0.0828. The molecule has 1 rings (SSSR count). The van der Waals surface area contributed by atoms with Crippen molar-refractivity contribution >= 4 is 17.4 Å². The maximum atomic E-state index is 13.2. The van der Waals surface area contributed by atoms with Crippen LogP contribution in [0.15, 0.2) is 6.20 Å².